The summed E-state index contributed by atoms with van der Waals surface area (Å²) in [4.78, 5) is 35.9. The predicted octanol–water partition coefficient (Wildman–Crippen LogP) is 0.481. The zero-order valence-corrected chi connectivity index (χ0v) is 13.8. The number of benzene rings is 1. The van der Waals surface area contributed by atoms with Crippen LogP contribution in [0.25, 0.3) is 0 Å². The highest BCUT2D eigenvalue weighted by atomic mass is 16.6. The van der Waals surface area contributed by atoms with Gasteiger partial charge in [0.05, 0.1) is 11.5 Å². The maximum Gasteiger partial charge on any atom is 0.330 e. The first-order chi connectivity index (χ1) is 12.4. The molecule has 0 unspecified atom stereocenters. The first-order valence-electron chi connectivity index (χ1n) is 7.88. The van der Waals surface area contributed by atoms with Gasteiger partial charge in [-0.2, -0.15) is 0 Å². The average Bonchev–Trinajstić information content (AvgIpc) is 3.01. The van der Waals surface area contributed by atoms with Gasteiger partial charge in [-0.3, -0.25) is 24.5 Å². The van der Waals surface area contributed by atoms with Crippen LogP contribution in [0.2, 0.25) is 0 Å². The fourth-order valence-electron chi connectivity index (χ4n) is 2.78. The van der Waals surface area contributed by atoms with Crippen LogP contribution in [-0.4, -0.2) is 38.4 Å². The van der Waals surface area contributed by atoms with Crippen LogP contribution in [0, 0.1) is 17.0 Å². The highest BCUT2D eigenvalue weighted by Gasteiger charge is 2.38. The van der Waals surface area contributed by atoms with Crippen LogP contribution in [0.3, 0.4) is 0 Å². The van der Waals surface area contributed by atoms with Gasteiger partial charge in [0, 0.05) is 30.3 Å². The first kappa shape index (κ1) is 17.8. The monoisotopic (exact) mass is 363 g/mol. The Morgan fingerprint density at radius 3 is 2.69 bits per heavy atom. The van der Waals surface area contributed by atoms with Gasteiger partial charge in [-0.15, -0.1) is 0 Å². The number of nitrogens with zero attached hydrogens (tertiary/aromatic N) is 2. The van der Waals surface area contributed by atoms with Crippen LogP contribution in [-0.2, 0) is 4.74 Å². The number of hydrogen-bond acceptors (Lipinski definition) is 7. The van der Waals surface area contributed by atoms with Crippen LogP contribution in [0.1, 0.15) is 18.2 Å². The Kier molecular flexibility index (Phi) is 4.87. The molecule has 1 saturated heterocycles. The molecule has 3 atom stereocenters. The average molecular weight is 363 g/mol. The molecule has 1 aromatic carbocycles. The zero-order chi connectivity index (χ0) is 18.8. The number of hydrogen-bond donors (Lipinski definition) is 2. The number of non-ortho nitro benzene ring substituents is 1. The number of aromatic nitrogens is 2. The molecule has 0 amide bonds. The van der Waals surface area contributed by atoms with Crippen LogP contribution in [0.15, 0.2) is 40.1 Å². The fraction of sp³-hybridized carbons (Fsp3) is 0.375. The van der Waals surface area contributed by atoms with E-state index in [0.717, 1.165) is 0 Å². The minimum absolute atomic E-state index is 0.0631. The van der Waals surface area contributed by atoms with Crippen LogP contribution in [0.4, 0.5) is 5.69 Å². The van der Waals surface area contributed by atoms with Gasteiger partial charge in [-0.1, -0.05) is 0 Å². The van der Waals surface area contributed by atoms with Crippen molar-refractivity contribution in [2.24, 2.45) is 0 Å². The van der Waals surface area contributed by atoms with Crippen molar-refractivity contribution in [3.8, 4) is 5.75 Å². The summed E-state index contributed by atoms with van der Waals surface area (Å²) in [6.45, 7) is 1.24. The Morgan fingerprint density at radius 1 is 1.38 bits per heavy atom. The smallest absolute Gasteiger partial charge is 0.330 e. The summed E-state index contributed by atoms with van der Waals surface area (Å²) in [5, 5.41) is 20.2. The number of nitro benzene ring substituents is 1. The van der Waals surface area contributed by atoms with Crippen molar-refractivity contribution in [1.82, 2.24) is 9.55 Å². The van der Waals surface area contributed by atoms with E-state index >= 15 is 0 Å². The number of aliphatic hydroxyl groups is 1. The molecule has 10 heteroatoms. The largest absolute Gasteiger partial charge is 0.487 e. The molecule has 26 heavy (non-hydrogen) atoms. The van der Waals surface area contributed by atoms with Crippen molar-refractivity contribution in [2.75, 3.05) is 6.61 Å². The molecular formula is C16H17N3O7. The van der Waals surface area contributed by atoms with E-state index in [1.54, 1.807) is 6.92 Å². The number of nitrogens with one attached hydrogen (secondary N) is 1. The summed E-state index contributed by atoms with van der Waals surface area (Å²) < 4.78 is 12.7. The maximum atomic E-state index is 12.0. The van der Waals surface area contributed by atoms with Crippen LogP contribution >= 0.6 is 0 Å². The second-order valence-electron chi connectivity index (χ2n) is 5.93. The predicted molar refractivity (Wildman–Crippen MR) is 89.2 cm³/mol. The molecule has 1 fully saturated rings. The normalized spacial score (nSPS) is 22.3. The summed E-state index contributed by atoms with van der Waals surface area (Å²) in [5.41, 5.74) is -0.791. The Labute approximate surface area is 146 Å². The summed E-state index contributed by atoms with van der Waals surface area (Å²) in [6, 6.07) is 5.53. The second-order valence-corrected chi connectivity index (χ2v) is 5.93. The van der Waals surface area contributed by atoms with E-state index in [9.17, 15) is 24.8 Å². The van der Waals surface area contributed by atoms with Gasteiger partial charge in [0.15, 0.2) is 0 Å². The number of aliphatic hydroxyl groups excluding tert-OH is 1. The van der Waals surface area contributed by atoms with Crippen molar-refractivity contribution in [3.05, 3.63) is 67.0 Å². The Hall–Kier alpha value is -2.98. The number of H-pyrrole nitrogens is 1. The third kappa shape index (κ3) is 3.51. The lowest BCUT2D eigenvalue weighted by Gasteiger charge is -2.17. The van der Waals surface area contributed by atoms with Crippen molar-refractivity contribution in [3.63, 3.8) is 0 Å². The molecule has 0 spiro atoms. The summed E-state index contributed by atoms with van der Waals surface area (Å²) in [5.74, 6) is 0.383. The van der Waals surface area contributed by atoms with Gasteiger partial charge < -0.3 is 14.6 Å². The molecular weight excluding hydrogens is 346 g/mol. The third-order valence-electron chi connectivity index (χ3n) is 4.15. The molecule has 1 aliphatic rings. The van der Waals surface area contributed by atoms with E-state index in [0.29, 0.717) is 11.3 Å². The summed E-state index contributed by atoms with van der Waals surface area (Å²) in [7, 11) is 0. The van der Waals surface area contributed by atoms with Gasteiger partial charge in [0.25, 0.3) is 11.2 Å². The summed E-state index contributed by atoms with van der Waals surface area (Å²) >= 11 is 0. The molecule has 138 valence electrons. The zero-order valence-electron chi connectivity index (χ0n) is 13.8. The molecule has 1 aliphatic heterocycles. The van der Waals surface area contributed by atoms with Crippen molar-refractivity contribution in [1.29, 1.82) is 0 Å². The van der Waals surface area contributed by atoms with Crippen LogP contribution < -0.4 is 16.0 Å². The van der Waals surface area contributed by atoms with E-state index in [4.69, 9.17) is 9.47 Å². The lowest BCUT2D eigenvalue weighted by Crippen LogP contribution is -2.33. The number of nitro groups is 1. The molecule has 2 aromatic rings. The molecule has 2 N–H and O–H groups in total. The molecule has 0 bridgehead atoms. The topological polar surface area (TPSA) is 137 Å². The maximum absolute atomic E-state index is 12.0. The molecule has 0 aliphatic carbocycles. The van der Waals surface area contributed by atoms with Gasteiger partial charge in [0.2, 0.25) is 0 Å². The molecule has 1 aromatic heterocycles. The number of aromatic amines is 1. The minimum atomic E-state index is -0.710. The van der Waals surface area contributed by atoms with Gasteiger partial charge in [-0.25, -0.2) is 4.79 Å². The van der Waals surface area contributed by atoms with E-state index in [2.05, 4.69) is 4.98 Å². The van der Waals surface area contributed by atoms with Gasteiger partial charge >= 0.3 is 5.69 Å². The number of aryl methyl sites for hydroxylation is 1. The second kappa shape index (κ2) is 7.10. The van der Waals surface area contributed by atoms with Gasteiger partial charge in [0.1, 0.15) is 24.2 Å². The SMILES string of the molecule is Cc1cn([C@H]2C[C@H](Oc3ccc([N+](=O)[O-])cc3)[C@@H](CO)O2)c(=O)[nH]c1=O. The third-order valence-corrected chi connectivity index (χ3v) is 4.15. The molecule has 0 saturated carbocycles. The first-order valence-corrected chi connectivity index (χ1v) is 7.88. The van der Waals surface area contributed by atoms with E-state index in [1.807, 2.05) is 0 Å². The highest BCUT2D eigenvalue weighted by Crippen LogP contribution is 2.31. The van der Waals surface area contributed by atoms with Gasteiger partial charge in [-0.05, 0) is 19.1 Å². The molecule has 3 rings (SSSR count). The molecule has 2 heterocycles. The number of ether oxygens (including phenoxy) is 2. The van der Waals surface area contributed by atoms with Crippen molar-refractivity contribution >= 4 is 5.69 Å². The van der Waals surface area contributed by atoms with Crippen LogP contribution in [0.5, 0.6) is 5.75 Å². The van der Waals surface area contributed by atoms with E-state index < -0.39 is 34.6 Å². The number of rotatable bonds is 5. The van der Waals surface area contributed by atoms with Crippen molar-refractivity contribution < 1.29 is 19.5 Å². The summed E-state index contributed by atoms with van der Waals surface area (Å²) in [6.07, 6.45) is -0.305. The minimum Gasteiger partial charge on any atom is -0.487 e. The standard InChI is InChI=1S/C16H17N3O7/c1-9-7-18(16(22)17-15(9)21)14-6-12(13(8-20)26-14)25-11-4-2-10(3-5-11)19(23)24/h2-5,7,12-14,20H,6,8H2,1H3,(H,17,21,22)/t12-,13+,14+/m0/s1. The van der Waals surface area contributed by atoms with Crippen molar-refractivity contribution in [2.45, 2.75) is 31.8 Å². The molecule has 10 nitrogen and oxygen atoms in total. The Bertz CT molecular complexity index is 919. The van der Waals surface area contributed by atoms with E-state index in [1.165, 1.54) is 35.0 Å². The lowest BCUT2D eigenvalue weighted by atomic mass is 10.2. The Balaban J connectivity index is 1.79. The highest BCUT2D eigenvalue weighted by molar-refractivity contribution is 5.36. The Morgan fingerprint density at radius 2 is 2.08 bits per heavy atom. The fourth-order valence-corrected chi connectivity index (χ4v) is 2.78. The lowest BCUT2D eigenvalue weighted by molar-refractivity contribution is -0.384. The van der Waals surface area contributed by atoms with E-state index in [-0.39, 0.29) is 18.7 Å². The quantitative estimate of drug-likeness (QED) is 0.582. The molecule has 0 radical (unpaired) electrons.